The van der Waals surface area contributed by atoms with Crippen LogP contribution in [0.3, 0.4) is 0 Å². The van der Waals surface area contributed by atoms with Gasteiger partial charge in [0.05, 0.1) is 27.5 Å². The minimum Gasteiger partial charge on any atom is -0.493 e. The van der Waals surface area contributed by atoms with Crippen molar-refractivity contribution < 1.29 is 29.0 Å². The van der Waals surface area contributed by atoms with E-state index >= 15 is 0 Å². The van der Waals surface area contributed by atoms with Crippen LogP contribution in [0.2, 0.25) is 0 Å². The Hall–Kier alpha value is -2.66. The molecular weight excluding hydrogens is 364 g/mol. The van der Waals surface area contributed by atoms with Crippen LogP contribution in [0.5, 0.6) is 17.2 Å². The highest BCUT2D eigenvalue weighted by atomic mass is 32.1. The number of methoxy groups -OCH3 is 3. The molecule has 0 unspecified atom stereocenters. The molecule has 0 saturated carbocycles. The minimum atomic E-state index is -1.09. The molecule has 0 aliphatic rings. The third-order valence-corrected chi connectivity index (χ3v) is 3.38. The summed E-state index contributed by atoms with van der Waals surface area (Å²) >= 11 is 3.82. The Bertz CT molecular complexity index is 645. The third-order valence-electron chi connectivity index (χ3n) is 3.12. The molecule has 0 bridgehead atoms. The molecule has 1 aromatic rings. The standard InChI is InChI=1S/C15H22N4O6S/c1-5-6-13(20)18(22)15(21)19(26)17-16-9-10-7-11(23-2)14(25-4)12(8-10)24-3/h7-9,17,22,26H,5-6H2,1-4H3/b16-9+. The number of hydrazine groups is 1. The first-order valence-corrected chi connectivity index (χ1v) is 7.93. The fourth-order valence-electron chi connectivity index (χ4n) is 1.89. The minimum absolute atomic E-state index is 0.0264. The molecule has 0 heterocycles. The van der Waals surface area contributed by atoms with Crippen LogP contribution >= 0.6 is 12.8 Å². The number of benzene rings is 1. The van der Waals surface area contributed by atoms with E-state index in [4.69, 9.17) is 14.2 Å². The molecule has 11 heteroatoms. The number of hydrazone groups is 1. The van der Waals surface area contributed by atoms with E-state index in [9.17, 15) is 14.8 Å². The molecule has 0 aromatic heterocycles. The van der Waals surface area contributed by atoms with E-state index in [1.807, 2.05) is 0 Å². The van der Waals surface area contributed by atoms with Crippen molar-refractivity contribution in [3.05, 3.63) is 17.7 Å². The number of amides is 3. The van der Waals surface area contributed by atoms with Crippen molar-refractivity contribution in [2.24, 2.45) is 5.10 Å². The molecule has 0 radical (unpaired) electrons. The summed E-state index contributed by atoms with van der Waals surface area (Å²) in [5.41, 5.74) is 2.84. The van der Waals surface area contributed by atoms with E-state index in [-0.39, 0.29) is 11.5 Å². The van der Waals surface area contributed by atoms with Crippen LogP contribution in [0.15, 0.2) is 17.2 Å². The number of rotatable bonds is 8. The molecule has 2 N–H and O–H groups in total. The summed E-state index contributed by atoms with van der Waals surface area (Å²) in [5, 5.41) is 13.3. The van der Waals surface area contributed by atoms with Gasteiger partial charge in [-0.15, -0.1) is 5.06 Å². The summed E-state index contributed by atoms with van der Waals surface area (Å²) in [6.45, 7) is 1.74. The van der Waals surface area contributed by atoms with Crippen LogP contribution in [0.4, 0.5) is 4.79 Å². The van der Waals surface area contributed by atoms with Crippen LogP contribution < -0.4 is 19.7 Å². The first-order valence-electron chi connectivity index (χ1n) is 7.53. The van der Waals surface area contributed by atoms with Gasteiger partial charge in [0.25, 0.3) is 5.91 Å². The molecule has 1 aromatic carbocycles. The maximum absolute atomic E-state index is 11.8. The molecule has 0 fully saturated rings. The molecule has 26 heavy (non-hydrogen) atoms. The molecule has 10 nitrogen and oxygen atoms in total. The highest BCUT2D eigenvalue weighted by Crippen LogP contribution is 2.37. The quantitative estimate of drug-likeness (QED) is 0.270. The van der Waals surface area contributed by atoms with E-state index < -0.39 is 11.9 Å². The van der Waals surface area contributed by atoms with Gasteiger partial charge in [0.1, 0.15) is 0 Å². The first-order chi connectivity index (χ1) is 12.4. The molecule has 0 aliphatic carbocycles. The Morgan fingerprint density at radius 1 is 1.23 bits per heavy atom. The molecule has 1 rings (SSSR count). The fraction of sp³-hybridized carbons (Fsp3) is 0.400. The Morgan fingerprint density at radius 3 is 2.27 bits per heavy atom. The Balaban J connectivity index is 2.82. The van der Waals surface area contributed by atoms with Gasteiger partial charge in [0.15, 0.2) is 11.5 Å². The Kier molecular flexibility index (Phi) is 8.52. The van der Waals surface area contributed by atoms with Crippen molar-refractivity contribution >= 4 is 31.0 Å². The molecule has 0 aliphatic heterocycles. The number of imide groups is 1. The lowest BCUT2D eigenvalue weighted by Gasteiger charge is -2.19. The van der Waals surface area contributed by atoms with Crippen molar-refractivity contribution in [1.82, 2.24) is 15.0 Å². The second kappa shape index (κ2) is 10.4. The maximum Gasteiger partial charge on any atom is 0.381 e. The van der Waals surface area contributed by atoms with E-state index in [1.165, 1.54) is 27.5 Å². The number of nitrogens with zero attached hydrogens (tertiary/aromatic N) is 3. The molecule has 0 spiro atoms. The number of hydroxylamine groups is 2. The summed E-state index contributed by atoms with van der Waals surface area (Å²) in [7, 11) is 4.45. The number of carbonyl (C=O) groups is 2. The van der Waals surface area contributed by atoms with Crippen LogP contribution in [-0.4, -0.2) is 54.2 Å². The summed E-state index contributed by atoms with van der Waals surface area (Å²) in [6, 6.07) is 2.19. The number of ether oxygens (including phenoxy) is 3. The zero-order valence-electron chi connectivity index (χ0n) is 14.9. The van der Waals surface area contributed by atoms with Gasteiger partial charge < -0.3 is 14.2 Å². The highest BCUT2D eigenvalue weighted by molar-refractivity contribution is 7.78. The zero-order valence-corrected chi connectivity index (χ0v) is 15.8. The van der Waals surface area contributed by atoms with E-state index in [1.54, 1.807) is 19.1 Å². The number of hydrogen-bond acceptors (Lipinski definition) is 9. The predicted molar refractivity (Wildman–Crippen MR) is 96.6 cm³/mol. The largest absolute Gasteiger partial charge is 0.493 e. The van der Waals surface area contributed by atoms with Gasteiger partial charge in [-0.25, -0.2) is 10.3 Å². The highest BCUT2D eigenvalue weighted by Gasteiger charge is 2.23. The monoisotopic (exact) mass is 386 g/mol. The van der Waals surface area contributed by atoms with Crippen LogP contribution in [0.1, 0.15) is 25.3 Å². The molecule has 0 saturated heterocycles. The number of thiol groups is 1. The molecule has 144 valence electrons. The average molecular weight is 386 g/mol. The molecular formula is C15H22N4O6S. The van der Waals surface area contributed by atoms with Gasteiger partial charge in [-0.05, 0) is 31.4 Å². The first kappa shape index (κ1) is 21.4. The van der Waals surface area contributed by atoms with Crippen molar-refractivity contribution in [3.8, 4) is 17.2 Å². The Labute approximate surface area is 156 Å². The normalized spacial score (nSPS) is 10.4. The zero-order chi connectivity index (χ0) is 19.7. The van der Waals surface area contributed by atoms with Crippen LogP contribution in [0.25, 0.3) is 0 Å². The Morgan fingerprint density at radius 2 is 1.81 bits per heavy atom. The van der Waals surface area contributed by atoms with E-state index in [0.29, 0.717) is 33.6 Å². The summed E-state index contributed by atoms with van der Waals surface area (Å²) in [6.07, 6.45) is 1.87. The lowest BCUT2D eigenvalue weighted by Crippen LogP contribution is -2.44. The fourth-order valence-corrected chi connectivity index (χ4v) is 2.03. The number of hydrogen-bond donors (Lipinski definition) is 3. The predicted octanol–water partition coefficient (Wildman–Crippen LogP) is 1.84. The second-order valence-corrected chi connectivity index (χ2v) is 5.27. The van der Waals surface area contributed by atoms with Gasteiger partial charge in [-0.1, -0.05) is 6.92 Å². The summed E-state index contributed by atoms with van der Waals surface area (Å²) < 4.78 is 16.2. The maximum atomic E-state index is 11.8. The second-order valence-electron chi connectivity index (χ2n) is 4.87. The van der Waals surface area contributed by atoms with Crippen molar-refractivity contribution in [2.75, 3.05) is 21.3 Å². The van der Waals surface area contributed by atoms with Crippen LogP contribution in [0, 0.1) is 0 Å². The lowest BCUT2D eigenvalue weighted by molar-refractivity contribution is -0.154. The van der Waals surface area contributed by atoms with Gasteiger partial charge >= 0.3 is 6.03 Å². The van der Waals surface area contributed by atoms with Gasteiger partial charge in [-0.2, -0.15) is 9.52 Å². The van der Waals surface area contributed by atoms with Crippen molar-refractivity contribution in [1.29, 1.82) is 0 Å². The van der Waals surface area contributed by atoms with Gasteiger partial charge in [0.2, 0.25) is 5.75 Å². The van der Waals surface area contributed by atoms with Crippen LogP contribution in [-0.2, 0) is 4.79 Å². The average Bonchev–Trinajstić information content (AvgIpc) is 2.65. The molecule has 0 atom stereocenters. The van der Waals surface area contributed by atoms with E-state index in [0.717, 1.165) is 0 Å². The number of carbonyl (C=O) groups excluding carboxylic acids is 2. The van der Waals surface area contributed by atoms with Gasteiger partial charge in [-0.3, -0.25) is 10.0 Å². The van der Waals surface area contributed by atoms with E-state index in [2.05, 4.69) is 23.5 Å². The topological polar surface area (TPSA) is 113 Å². The summed E-state index contributed by atoms with van der Waals surface area (Å²) in [5.74, 6) is 0.543. The van der Waals surface area contributed by atoms with Crippen molar-refractivity contribution in [3.63, 3.8) is 0 Å². The number of urea groups is 1. The summed E-state index contributed by atoms with van der Waals surface area (Å²) in [4.78, 5) is 23.3. The molecule has 3 amide bonds. The van der Waals surface area contributed by atoms with Gasteiger partial charge in [0, 0.05) is 12.0 Å². The van der Waals surface area contributed by atoms with Crippen molar-refractivity contribution in [2.45, 2.75) is 19.8 Å². The number of nitrogens with one attached hydrogen (secondary N) is 1. The lowest BCUT2D eigenvalue weighted by atomic mass is 10.2. The third kappa shape index (κ3) is 5.43. The SMILES string of the molecule is CCCC(=O)N(O)C(=O)N(S)N/N=C/c1cc(OC)c(OC)c(OC)c1. The smallest absolute Gasteiger partial charge is 0.381 e.